The molecule has 0 aromatic carbocycles. The zero-order valence-electron chi connectivity index (χ0n) is 11.7. The van der Waals surface area contributed by atoms with Gasteiger partial charge in [0.2, 0.25) is 5.91 Å². The van der Waals surface area contributed by atoms with E-state index in [1.54, 1.807) is 12.3 Å². The molecule has 0 spiro atoms. The Bertz CT molecular complexity index is 413. The predicted molar refractivity (Wildman–Crippen MR) is 72.2 cm³/mol. The summed E-state index contributed by atoms with van der Waals surface area (Å²) in [6.45, 7) is 3.88. The maximum absolute atomic E-state index is 11.9. The molecule has 2 rings (SSSR count). The molecule has 1 aliphatic rings. The predicted octanol–water partition coefficient (Wildman–Crippen LogP) is -2.07. The molecule has 19 heavy (non-hydrogen) atoms. The molecular weight excluding hydrogens is 314 g/mol. The Balaban J connectivity index is 0.00000180. The Labute approximate surface area is 163 Å². The first-order chi connectivity index (χ1) is 8.66. The normalized spacial score (nSPS) is 15.8. The van der Waals surface area contributed by atoms with Gasteiger partial charge in [-0.05, 0) is 31.6 Å². The third-order valence-corrected chi connectivity index (χ3v) is 3.31. The summed E-state index contributed by atoms with van der Waals surface area (Å²) in [5, 5.41) is 2.90. The summed E-state index contributed by atoms with van der Waals surface area (Å²) in [6, 6.07) is 1.64. The summed E-state index contributed by atoms with van der Waals surface area (Å²) in [5.74, 6) is -0.112. The van der Waals surface area contributed by atoms with Gasteiger partial charge in [-0.15, -0.1) is 7.05 Å². The quantitative estimate of drug-likeness (QED) is 0.622. The summed E-state index contributed by atoms with van der Waals surface area (Å²) in [7, 11) is 3.73. The number of nitrogens with one attached hydrogen (secondary N) is 1. The molecule has 1 fully saturated rings. The number of likely N-dealkylation sites (tertiary alicyclic amines) is 1. The van der Waals surface area contributed by atoms with Crippen molar-refractivity contribution in [1.82, 2.24) is 14.8 Å². The van der Waals surface area contributed by atoms with E-state index in [1.165, 1.54) is 23.8 Å². The van der Waals surface area contributed by atoms with Gasteiger partial charge in [0.15, 0.2) is 0 Å². The van der Waals surface area contributed by atoms with Crippen LogP contribution >= 0.6 is 0 Å². The van der Waals surface area contributed by atoms with Gasteiger partial charge in [0, 0.05) is 18.8 Å². The van der Waals surface area contributed by atoms with Gasteiger partial charge in [-0.25, -0.2) is 0 Å². The van der Waals surface area contributed by atoms with Crippen molar-refractivity contribution in [2.75, 3.05) is 31.9 Å². The van der Waals surface area contributed by atoms with E-state index in [4.69, 9.17) is 5.73 Å². The molecule has 1 aromatic rings. The molecule has 2 heterocycles. The first-order valence-electron chi connectivity index (χ1n) is 6.46. The van der Waals surface area contributed by atoms with Gasteiger partial charge in [-0.3, -0.25) is 4.79 Å². The second-order valence-electron chi connectivity index (χ2n) is 4.79. The van der Waals surface area contributed by atoms with Crippen LogP contribution in [0, 0.1) is 7.05 Å². The summed E-state index contributed by atoms with van der Waals surface area (Å²) in [4.78, 5) is 14.3. The number of anilines is 1. The Hall–Kier alpha value is 0.185. The van der Waals surface area contributed by atoms with Gasteiger partial charge in [0.25, 0.3) is 0 Å². The molecule has 0 aliphatic carbocycles. The second-order valence-corrected chi connectivity index (χ2v) is 4.79. The van der Waals surface area contributed by atoms with Crippen molar-refractivity contribution in [3.63, 3.8) is 0 Å². The maximum Gasteiger partial charge on any atom is 1.00 e. The van der Waals surface area contributed by atoms with E-state index in [-0.39, 0.29) is 64.1 Å². The van der Waals surface area contributed by atoms with Crippen molar-refractivity contribution in [2.24, 2.45) is 0 Å². The first kappa shape index (κ1) is 17.2. The molecule has 6 heteroatoms. The van der Waals surface area contributed by atoms with Gasteiger partial charge < -0.3 is 20.5 Å². The number of carbonyl (C=O) groups excluding carboxylic acids is 1. The minimum Gasteiger partial charge on any atom is -0.481 e. The molecule has 5 nitrogen and oxygen atoms in total. The van der Waals surface area contributed by atoms with Gasteiger partial charge in [-0.2, -0.15) is 0 Å². The fourth-order valence-electron chi connectivity index (χ4n) is 2.32. The summed E-state index contributed by atoms with van der Waals surface area (Å²) >= 11 is 0. The Morgan fingerprint density at radius 2 is 2.05 bits per heavy atom. The Kier molecular flexibility index (Phi) is 7.68. The smallest absolute Gasteiger partial charge is 0.481 e. The van der Waals surface area contributed by atoms with Crippen molar-refractivity contribution in [3.05, 3.63) is 25.0 Å². The largest absolute Gasteiger partial charge is 1.00 e. The average molecular weight is 335 g/mol. The van der Waals surface area contributed by atoms with Gasteiger partial charge in [0.05, 0.1) is 0 Å². The van der Waals surface area contributed by atoms with Gasteiger partial charge in [-0.1, -0.05) is 18.7 Å². The van der Waals surface area contributed by atoms with E-state index in [9.17, 15) is 4.79 Å². The van der Waals surface area contributed by atoms with E-state index in [2.05, 4.69) is 17.3 Å². The SMILES string of the molecule is [CH2-]n1cc(N)cc1C(=O)NCCN1CCCCC1.[Rb+]. The van der Waals surface area contributed by atoms with Crippen LogP contribution in [-0.4, -0.2) is 41.6 Å². The molecule has 0 unspecified atom stereocenters. The van der Waals surface area contributed by atoms with Crippen LogP contribution in [0.15, 0.2) is 12.3 Å². The number of rotatable bonds is 4. The molecule has 1 aromatic heterocycles. The standard InChI is InChI=1S/C13H21N4O.Rb/c1-16-10-11(14)9-12(16)13(18)15-5-8-17-6-3-2-4-7-17;/h9-10H,1-8,14H2,(H,15,18);/q-1;+1. The summed E-state index contributed by atoms with van der Waals surface area (Å²) in [6.07, 6.45) is 5.51. The minimum absolute atomic E-state index is 0. The van der Waals surface area contributed by atoms with Crippen LogP contribution in [0.25, 0.3) is 0 Å². The Morgan fingerprint density at radius 3 is 2.63 bits per heavy atom. The van der Waals surface area contributed by atoms with Crippen molar-refractivity contribution >= 4 is 11.6 Å². The van der Waals surface area contributed by atoms with E-state index < -0.39 is 0 Å². The van der Waals surface area contributed by atoms with Crippen LogP contribution in [0.1, 0.15) is 29.8 Å². The number of nitrogens with two attached hydrogens (primary N) is 1. The fraction of sp³-hybridized carbons (Fsp3) is 0.538. The number of nitrogens with zero attached hydrogens (tertiary/aromatic N) is 2. The molecule has 1 amide bonds. The molecule has 3 N–H and O–H groups in total. The molecule has 1 aliphatic heterocycles. The van der Waals surface area contributed by atoms with Crippen LogP contribution in [0.4, 0.5) is 5.69 Å². The number of aromatic nitrogens is 1. The molecule has 1 saturated heterocycles. The zero-order valence-corrected chi connectivity index (χ0v) is 16.6. The summed E-state index contributed by atoms with van der Waals surface area (Å²) < 4.78 is 1.51. The van der Waals surface area contributed by atoms with Crippen molar-refractivity contribution in [2.45, 2.75) is 19.3 Å². The molecule has 0 radical (unpaired) electrons. The third kappa shape index (κ3) is 5.23. The van der Waals surface area contributed by atoms with Crippen LogP contribution in [0.2, 0.25) is 0 Å². The van der Waals surface area contributed by atoms with E-state index in [0.29, 0.717) is 17.9 Å². The van der Waals surface area contributed by atoms with Gasteiger partial charge in [0.1, 0.15) is 0 Å². The molecule has 0 atom stereocenters. The van der Waals surface area contributed by atoms with Crippen LogP contribution in [0.5, 0.6) is 0 Å². The minimum atomic E-state index is -0.112. The topological polar surface area (TPSA) is 63.3 Å². The number of carbonyl (C=O) groups is 1. The first-order valence-corrected chi connectivity index (χ1v) is 6.46. The molecule has 0 saturated carbocycles. The van der Waals surface area contributed by atoms with Gasteiger partial charge >= 0.3 is 58.2 Å². The summed E-state index contributed by atoms with van der Waals surface area (Å²) in [5.41, 5.74) is 6.68. The molecule has 0 bridgehead atoms. The molecular formula is C13H21N4ORb. The third-order valence-electron chi connectivity index (χ3n) is 3.31. The number of amides is 1. The number of hydrogen-bond donors (Lipinski definition) is 2. The van der Waals surface area contributed by atoms with E-state index >= 15 is 0 Å². The number of hydrogen-bond acceptors (Lipinski definition) is 3. The zero-order chi connectivity index (χ0) is 13.0. The fourth-order valence-corrected chi connectivity index (χ4v) is 2.32. The van der Waals surface area contributed by atoms with Crippen LogP contribution < -0.4 is 69.2 Å². The van der Waals surface area contributed by atoms with Crippen LogP contribution in [-0.2, 0) is 0 Å². The molecule has 100 valence electrons. The average Bonchev–Trinajstić information content (AvgIpc) is 2.70. The monoisotopic (exact) mass is 334 g/mol. The van der Waals surface area contributed by atoms with E-state index in [0.717, 1.165) is 19.6 Å². The number of piperidine rings is 1. The van der Waals surface area contributed by atoms with Crippen molar-refractivity contribution < 1.29 is 63.0 Å². The number of nitrogen functional groups attached to an aromatic ring is 1. The Morgan fingerprint density at radius 1 is 1.37 bits per heavy atom. The maximum atomic E-state index is 11.9. The van der Waals surface area contributed by atoms with Crippen molar-refractivity contribution in [3.8, 4) is 0 Å². The van der Waals surface area contributed by atoms with Crippen LogP contribution in [0.3, 0.4) is 0 Å². The second kappa shape index (κ2) is 8.47. The van der Waals surface area contributed by atoms with Crippen molar-refractivity contribution in [1.29, 1.82) is 0 Å². The van der Waals surface area contributed by atoms with E-state index in [1.807, 2.05) is 0 Å².